The Kier molecular flexibility index (Phi) is 6.51. The average Bonchev–Trinajstić information content (AvgIpc) is 3.17. The van der Waals surface area contributed by atoms with Gasteiger partial charge in [0.05, 0.1) is 16.1 Å². The molecular weight excluding hydrogens is 553 g/mol. The van der Waals surface area contributed by atoms with E-state index in [4.69, 9.17) is 16.3 Å². The standard InChI is InChI=1S/C28H22ClF3N2O4S/c1-27(2,3)17-12-13-33-25(14-17)34-23-9-5-8-22(29)26(23)21-11-10-19(16-24(21)34)37-18-6-4-7-20(15-18)38-39(35,36)28(30,31)32/h4-16H,1-3H3. The zero-order chi connectivity index (χ0) is 28.2. The molecule has 0 aliphatic carbocycles. The molecule has 0 spiro atoms. The number of alkyl halides is 3. The second kappa shape index (κ2) is 9.46. The van der Waals surface area contributed by atoms with Gasteiger partial charge in [0.15, 0.2) is 0 Å². The van der Waals surface area contributed by atoms with Gasteiger partial charge in [0.1, 0.15) is 23.1 Å². The molecule has 0 saturated carbocycles. The van der Waals surface area contributed by atoms with Gasteiger partial charge in [-0.25, -0.2) is 4.98 Å². The van der Waals surface area contributed by atoms with Crippen molar-refractivity contribution in [1.82, 2.24) is 9.55 Å². The van der Waals surface area contributed by atoms with Gasteiger partial charge in [0.2, 0.25) is 0 Å². The van der Waals surface area contributed by atoms with E-state index in [9.17, 15) is 21.6 Å². The zero-order valence-electron chi connectivity index (χ0n) is 21.0. The highest BCUT2D eigenvalue weighted by molar-refractivity contribution is 7.88. The molecule has 2 aromatic heterocycles. The first-order valence-electron chi connectivity index (χ1n) is 11.7. The second-order valence-corrected chi connectivity index (χ2v) is 11.8. The third-order valence-corrected chi connectivity index (χ3v) is 7.38. The maximum atomic E-state index is 12.7. The third kappa shape index (κ3) is 5.14. The van der Waals surface area contributed by atoms with E-state index in [1.54, 1.807) is 24.4 Å². The van der Waals surface area contributed by atoms with Crippen molar-refractivity contribution in [3.63, 3.8) is 0 Å². The molecule has 0 atom stereocenters. The summed E-state index contributed by atoms with van der Waals surface area (Å²) in [6, 6.07) is 19.8. The fourth-order valence-corrected chi connectivity index (χ4v) is 4.94. The van der Waals surface area contributed by atoms with E-state index in [0.29, 0.717) is 16.6 Å². The number of fused-ring (bicyclic) bond motifs is 3. The first-order chi connectivity index (χ1) is 18.2. The number of hydrogen-bond donors (Lipinski definition) is 0. The molecule has 3 aromatic carbocycles. The molecule has 0 unspecified atom stereocenters. The van der Waals surface area contributed by atoms with Gasteiger partial charge in [-0.1, -0.05) is 44.5 Å². The fourth-order valence-electron chi connectivity index (χ4n) is 4.22. The van der Waals surface area contributed by atoms with Crippen molar-refractivity contribution in [3.8, 4) is 23.1 Å². The highest BCUT2D eigenvalue weighted by atomic mass is 35.5. The summed E-state index contributed by atoms with van der Waals surface area (Å²) in [5, 5.41) is 2.24. The molecule has 0 N–H and O–H groups in total. The van der Waals surface area contributed by atoms with E-state index in [1.807, 2.05) is 34.9 Å². The number of ether oxygens (including phenoxy) is 1. The van der Waals surface area contributed by atoms with Crippen LogP contribution in [0.25, 0.3) is 27.6 Å². The molecule has 0 aliphatic heterocycles. The Morgan fingerprint density at radius 2 is 1.54 bits per heavy atom. The lowest BCUT2D eigenvalue weighted by atomic mass is 9.88. The Morgan fingerprint density at radius 3 is 2.26 bits per heavy atom. The number of pyridine rings is 1. The molecular formula is C28H22ClF3N2O4S. The lowest BCUT2D eigenvalue weighted by Gasteiger charge is -2.20. The summed E-state index contributed by atoms with van der Waals surface area (Å²) in [7, 11) is -5.82. The predicted octanol–water partition coefficient (Wildman–Crippen LogP) is 8.15. The number of nitrogens with zero attached hydrogens (tertiary/aromatic N) is 2. The minimum absolute atomic E-state index is 0.0813. The van der Waals surface area contributed by atoms with E-state index in [1.165, 1.54) is 12.1 Å². The first kappa shape index (κ1) is 26.8. The van der Waals surface area contributed by atoms with Crippen molar-refractivity contribution >= 4 is 43.5 Å². The maximum Gasteiger partial charge on any atom is 0.534 e. The smallest absolute Gasteiger partial charge is 0.457 e. The van der Waals surface area contributed by atoms with Crippen LogP contribution in [0.15, 0.2) is 79.0 Å². The van der Waals surface area contributed by atoms with Crippen molar-refractivity contribution < 1.29 is 30.5 Å². The molecule has 39 heavy (non-hydrogen) atoms. The maximum absolute atomic E-state index is 12.7. The van der Waals surface area contributed by atoms with Gasteiger partial charge in [-0.2, -0.15) is 21.6 Å². The molecule has 11 heteroatoms. The van der Waals surface area contributed by atoms with Gasteiger partial charge in [0, 0.05) is 29.1 Å². The minimum Gasteiger partial charge on any atom is -0.457 e. The molecule has 0 saturated heterocycles. The van der Waals surface area contributed by atoms with Crippen LogP contribution in [0.2, 0.25) is 5.02 Å². The van der Waals surface area contributed by atoms with Crippen molar-refractivity contribution in [2.75, 3.05) is 0 Å². The lowest BCUT2D eigenvalue weighted by Crippen LogP contribution is -2.28. The minimum atomic E-state index is -5.82. The van der Waals surface area contributed by atoms with Crippen LogP contribution < -0.4 is 8.92 Å². The summed E-state index contributed by atoms with van der Waals surface area (Å²) in [5.41, 5.74) is -3.01. The van der Waals surface area contributed by atoms with Crippen LogP contribution in [0.3, 0.4) is 0 Å². The Hall–Kier alpha value is -3.76. The summed E-state index contributed by atoms with van der Waals surface area (Å²) in [6.07, 6.45) is 1.75. The summed E-state index contributed by atoms with van der Waals surface area (Å²) in [4.78, 5) is 4.62. The lowest BCUT2D eigenvalue weighted by molar-refractivity contribution is -0.0500. The summed E-state index contributed by atoms with van der Waals surface area (Å²) >= 11 is 6.60. The zero-order valence-corrected chi connectivity index (χ0v) is 22.5. The van der Waals surface area contributed by atoms with Crippen molar-refractivity contribution in [2.45, 2.75) is 31.7 Å². The molecule has 5 rings (SSSR count). The van der Waals surface area contributed by atoms with Crippen molar-refractivity contribution in [2.24, 2.45) is 0 Å². The molecule has 0 aliphatic rings. The monoisotopic (exact) mass is 574 g/mol. The summed E-state index contributed by atoms with van der Waals surface area (Å²) in [6.45, 7) is 6.33. The molecule has 6 nitrogen and oxygen atoms in total. The summed E-state index contributed by atoms with van der Waals surface area (Å²) in [5.74, 6) is 0.577. The van der Waals surface area contributed by atoms with Crippen LogP contribution in [0, 0.1) is 0 Å². The van der Waals surface area contributed by atoms with Crippen LogP contribution in [0.5, 0.6) is 17.2 Å². The number of benzene rings is 3. The SMILES string of the molecule is CC(C)(C)c1ccnc(-n2c3cc(Oc4cccc(OS(=O)(=O)C(F)(F)F)c4)ccc3c3c(Cl)cccc32)c1. The van der Waals surface area contributed by atoms with Crippen molar-refractivity contribution in [1.29, 1.82) is 0 Å². The van der Waals surface area contributed by atoms with E-state index in [0.717, 1.165) is 39.5 Å². The number of hydrogen-bond acceptors (Lipinski definition) is 5. The molecule has 0 radical (unpaired) electrons. The quantitative estimate of drug-likeness (QED) is 0.156. The molecule has 202 valence electrons. The van der Waals surface area contributed by atoms with Crippen LogP contribution in [-0.4, -0.2) is 23.5 Å². The van der Waals surface area contributed by atoms with Gasteiger partial charge < -0.3 is 8.92 Å². The van der Waals surface area contributed by atoms with Crippen LogP contribution in [0.1, 0.15) is 26.3 Å². The summed E-state index contributed by atoms with van der Waals surface area (Å²) < 4.78 is 73.1. The van der Waals surface area contributed by atoms with Gasteiger partial charge in [0.25, 0.3) is 0 Å². The topological polar surface area (TPSA) is 70.4 Å². The normalized spacial score (nSPS) is 12.7. The van der Waals surface area contributed by atoms with E-state index < -0.39 is 21.4 Å². The highest BCUT2D eigenvalue weighted by Gasteiger charge is 2.48. The van der Waals surface area contributed by atoms with Gasteiger partial charge in [-0.3, -0.25) is 4.57 Å². The fraction of sp³-hybridized carbons (Fsp3) is 0.179. The number of rotatable bonds is 5. The Balaban J connectivity index is 1.61. The van der Waals surface area contributed by atoms with Crippen LogP contribution in [0.4, 0.5) is 13.2 Å². The first-order valence-corrected chi connectivity index (χ1v) is 13.5. The highest BCUT2D eigenvalue weighted by Crippen LogP contribution is 2.39. The predicted molar refractivity (Wildman–Crippen MR) is 144 cm³/mol. The van der Waals surface area contributed by atoms with Crippen LogP contribution in [-0.2, 0) is 15.5 Å². The number of halogens is 4. The van der Waals surface area contributed by atoms with Gasteiger partial charge >= 0.3 is 15.6 Å². The Labute approximate surface area is 227 Å². The van der Waals surface area contributed by atoms with E-state index in [2.05, 4.69) is 29.9 Å². The molecule has 0 amide bonds. The van der Waals surface area contributed by atoms with Gasteiger partial charge in [-0.05, 0) is 59.5 Å². The molecule has 2 heterocycles. The van der Waals surface area contributed by atoms with E-state index in [-0.39, 0.29) is 11.2 Å². The Morgan fingerprint density at radius 1 is 0.846 bits per heavy atom. The van der Waals surface area contributed by atoms with E-state index >= 15 is 0 Å². The molecule has 0 bridgehead atoms. The second-order valence-electron chi connectivity index (χ2n) is 9.86. The molecule has 0 fully saturated rings. The van der Waals surface area contributed by atoms with Crippen molar-refractivity contribution in [3.05, 3.63) is 89.6 Å². The molecule has 5 aromatic rings. The third-order valence-electron chi connectivity index (χ3n) is 6.08. The Bertz CT molecular complexity index is 1830. The van der Waals surface area contributed by atoms with Crippen LogP contribution >= 0.6 is 11.6 Å². The number of aromatic nitrogens is 2. The average molecular weight is 575 g/mol. The van der Waals surface area contributed by atoms with Gasteiger partial charge in [-0.15, -0.1) is 0 Å². The largest absolute Gasteiger partial charge is 0.534 e.